The van der Waals surface area contributed by atoms with Crippen molar-refractivity contribution in [1.82, 2.24) is 0 Å². The fourth-order valence-electron chi connectivity index (χ4n) is 2.27. The van der Waals surface area contributed by atoms with Gasteiger partial charge in [-0.2, -0.15) is 0 Å². The maximum absolute atomic E-state index is 11.8. The molecule has 1 rings (SSSR count). The van der Waals surface area contributed by atoms with Gasteiger partial charge in [-0.15, -0.1) is 0 Å². The van der Waals surface area contributed by atoms with E-state index in [-0.39, 0.29) is 25.0 Å². The molecule has 1 aliphatic rings. The molecule has 1 aliphatic carbocycles. The molecule has 4 N–H and O–H groups in total. The lowest BCUT2D eigenvalue weighted by Crippen LogP contribution is -2.56. The summed E-state index contributed by atoms with van der Waals surface area (Å²) in [4.78, 5) is 11.8. The second-order valence-corrected chi connectivity index (χ2v) is 4.95. The number of hydrogen-bond donors (Lipinski definition) is 4. The summed E-state index contributed by atoms with van der Waals surface area (Å²) >= 11 is 0. The van der Waals surface area contributed by atoms with Gasteiger partial charge in [0, 0.05) is 19.3 Å². The molecule has 100 valence electrons. The van der Waals surface area contributed by atoms with Crippen molar-refractivity contribution in [2.75, 3.05) is 0 Å². The fraction of sp³-hybridized carbons (Fsp3) is 0.917. The Morgan fingerprint density at radius 2 is 1.71 bits per heavy atom. The SMILES string of the molecule is CCCCCC(=O)[C@]1(O)C[C@@H](O)[C@@H](O)[C@H](O)C1. The summed E-state index contributed by atoms with van der Waals surface area (Å²) in [7, 11) is 0. The van der Waals surface area contributed by atoms with E-state index in [0.29, 0.717) is 6.42 Å². The standard InChI is InChI=1S/C12H22O5/c1-2-3-4-5-10(15)12(17)6-8(13)11(16)9(14)7-12/h8-9,11,13-14,16-17H,2-7H2,1H3/t8-,9-,11-,12+/m1/s1. The molecule has 0 spiro atoms. The van der Waals surface area contributed by atoms with Gasteiger partial charge in [-0.05, 0) is 6.42 Å². The third kappa shape index (κ3) is 3.48. The molecular formula is C12H22O5. The first kappa shape index (κ1) is 14.6. The molecule has 0 unspecified atom stereocenters. The van der Waals surface area contributed by atoms with Crippen LogP contribution in [0.15, 0.2) is 0 Å². The zero-order valence-electron chi connectivity index (χ0n) is 10.2. The Morgan fingerprint density at radius 3 is 2.18 bits per heavy atom. The van der Waals surface area contributed by atoms with Crippen LogP contribution in [0.25, 0.3) is 0 Å². The number of ketones is 1. The molecule has 0 saturated heterocycles. The number of carbonyl (C=O) groups is 1. The van der Waals surface area contributed by atoms with Crippen LogP contribution in [0.2, 0.25) is 0 Å². The second kappa shape index (κ2) is 5.91. The summed E-state index contributed by atoms with van der Waals surface area (Å²) in [6, 6.07) is 0. The first-order chi connectivity index (χ1) is 7.90. The van der Waals surface area contributed by atoms with Crippen molar-refractivity contribution in [3.63, 3.8) is 0 Å². The van der Waals surface area contributed by atoms with Crippen molar-refractivity contribution in [2.45, 2.75) is 69.4 Å². The first-order valence-electron chi connectivity index (χ1n) is 6.20. The van der Waals surface area contributed by atoms with Crippen LogP contribution in [0, 0.1) is 0 Å². The van der Waals surface area contributed by atoms with Crippen molar-refractivity contribution in [2.24, 2.45) is 0 Å². The summed E-state index contributed by atoms with van der Waals surface area (Å²) in [5.74, 6) is -0.351. The van der Waals surface area contributed by atoms with Gasteiger partial charge in [-0.3, -0.25) is 4.79 Å². The van der Waals surface area contributed by atoms with Crippen molar-refractivity contribution < 1.29 is 25.2 Å². The van der Waals surface area contributed by atoms with Crippen molar-refractivity contribution in [3.05, 3.63) is 0 Å². The molecule has 0 radical (unpaired) electrons. The van der Waals surface area contributed by atoms with Crippen LogP contribution in [0.5, 0.6) is 0 Å². The predicted octanol–water partition coefficient (Wildman–Crippen LogP) is -0.257. The van der Waals surface area contributed by atoms with Crippen LogP contribution in [0.4, 0.5) is 0 Å². The van der Waals surface area contributed by atoms with Gasteiger partial charge in [0.1, 0.15) is 11.7 Å². The molecular weight excluding hydrogens is 224 g/mol. The Morgan fingerprint density at radius 1 is 1.18 bits per heavy atom. The third-order valence-corrected chi connectivity index (χ3v) is 3.41. The monoisotopic (exact) mass is 246 g/mol. The molecule has 0 aromatic heterocycles. The third-order valence-electron chi connectivity index (χ3n) is 3.41. The van der Waals surface area contributed by atoms with Gasteiger partial charge < -0.3 is 20.4 Å². The maximum atomic E-state index is 11.8. The van der Waals surface area contributed by atoms with Crippen LogP contribution < -0.4 is 0 Å². The molecule has 17 heavy (non-hydrogen) atoms. The Labute approximate surface area is 101 Å². The molecule has 0 heterocycles. The van der Waals surface area contributed by atoms with Gasteiger partial charge in [0.25, 0.3) is 0 Å². The molecule has 0 aliphatic heterocycles. The minimum Gasteiger partial charge on any atom is -0.390 e. The number of aliphatic hydroxyl groups excluding tert-OH is 3. The van der Waals surface area contributed by atoms with Crippen LogP contribution in [0.1, 0.15) is 45.4 Å². The zero-order chi connectivity index (χ0) is 13.1. The Balaban J connectivity index is 2.58. The number of rotatable bonds is 5. The van der Waals surface area contributed by atoms with E-state index < -0.39 is 23.9 Å². The van der Waals surface area contributed by atoms with E-state index in [9.17, 15) is 25.2 Å². The number of hydrogen-bond acceptors (Lipinski definition) is 5. The highest BCUT2D eigenvalue weighted by atomic mass is 16.4. The molecule has 0 aromatic carbocycles. The average molecular weight is 246 g/mol. The van der Waals surface area contributed by atoms with Gasteiger partial charge in [0.2, 0.25) is 0 Å². The highest BCUT2D eigenvalue weighted by Gasteiger charge is 2.47. The molecule has 5 nitrogen and oxygen atoms in total. The fourth-order valence-corrected chi connectivity index (χ4v) is 2.27. The summed E-state index contributed by atoms with van der Waals surface area (Å²) in [6.07, 6.45) is -1.33. The largest absolute Gasteiger partial charge is 0.390 e. The van der Waals surface area contributed by atoms with Crippen molar-refractivity contribution in [1.29, 1.82) is 0 Å². The van der Waals surface area contributed by atoms with Gasteiger partial charge in [0.05, 0.1) is 12.2 Å². The summed E-state index contributed by atoms with van der Waals surface area (Å²) in [6.45, 7) is 2.02. The molecule has 0 aromatic rings. The smallest absolute Gasteiger partial charge is 0.164 e. The second-order valence-electron chi connectivity index (χ2n) is 4.95. The highest BCUT2D eigenvalue weighted by molar-refractivity contribution is 5.87. The quantitative estimate of drug-likeness (QED) is 0.501. The van der Waals surface area contributed by atoms with Crippen molar-refractivity contribution >= 4 is 5.78 Å². The number of Topliss-reactive ketones (excluding diaryl/α,β-unsaturated/α-hetero) is 1. The molecule has 5 heteroatoms. The van der Waals surface area contributed by atoms with Crippen LogP contribution in [-0.2, 0) is 4.79 Å². The Kier molecular flexibility index (Phi) is 5.06. The normalized spacial score (nSPS) is 38.1. The van der Waals surface area contributed by atoms with E-state index >= 15 is 0 Å². The molecule has 2 atom stereocenters. The summed E-state index contributed by atoms with van der Waals surface area (Å²) < 4.78 is 0. The van der Waals surface area contributed by atoms with E-state index in [4.69, 9.17) is 0 Å². The number of carbonyl (C=O) groups excluding carboxylic acids is 1. The van der Waals surface area contributed by atoms with E-state index in [1.165, 1.54) is 0 Å². The van der Waals surface area contributed by atoms with E-state index in [1.807, 2.05) is 6.92 Å². The molecule has 0 bridgehead atoms. The maximum Gasteiger partial charge on any atom is 0.164 e. The lowest BCUT2D eigenvalue weighted by atomic mass is 9.76. The van der Waals surface area contributed by atoms with Gasteiger partial charge in [0.15, 0.2) is 5.78 Å². The Bertz CT molecular complexity index is 254. The minimum absolute atomic E-state index is 0.198. The summed E-state index contributed by atoms with van der Waals surface area (Å²) in [5, 5.41) is 38.4. The summed E-state index contributed by atoms with van der Waals surface area (Å²) in [5.41, 5.74) is -1.69. The molecule has 0 amide bonds. The van der Waals surface area contributed by atoms with E-state index in [0.717, 1.165) is 12.8 Å². The van der Waals surface area contributed by atoms with E-state index in [2.05, 4.69) is 0 Å². The minimum atomic E-state index is -1.69. The van der Waals surface area contributed by atoms with Gasteiger partial charge >= 0.3 is 0 Å². The molecule has 1 saturated carbocycles. The zero-order valence-corrected chi connectivity index (χ0v) is 10.2. The predicted molar refractivity (Wildman–Crippen MR) is 61.4 cm³/mol. The molecule has 1 fully saturated rings. The van der Waals surface area contributed by atoms with Gasteiger partial charge in [-0.1, -0.05) is 19.8 Å². The lowest BCUT2D eigenvalue weighted by molar-refractivity contribution is -0.171. The topological polar surface area (TPSA) is 98.0 Å². The highest BCUT2D eigenvalue weighted by Crippen LogP contribution is 2.31. The van der Waals surface area contributed by atoms with Crippen LogP contribution in [-0.4, -0.2) is 50.1 Å². The van der Waals surface area contributed by atoms with Crippen molar-refractivity contribution in [3.8, 4) is 0 Å². The van der Waals surface area contributed by atoms with Gasteiger partial charge in [-0.25, -0.2) is 0 Å². The Hall–Kier alpha value is -0.490. The first-order valence-corrected chi connectivity index (χ1v) is 6.20. The lowest BCUT2D eigenvalue weighted by Gasteiger charge is -2.39. The van der Waals surface area contributed by atoms with E-state index in [1.54, 1.807) is 0 Å². The van der Waals surface area contributed by atoms with Crippen LogP contribution in [0.3, 0.4) is 0 Å². The average Bonchev–Trinajstić information content (AvgIpc) is 2.26. The number of unbranched alkanes of at least 4 members (excludes halogenated alkanes) is 2. The van der Waals surface area contributed by atoms with Crippen LogP contribution >= 0.6 is 0 Å². The number of aliphatic hydroxyl groups is 4.